The van der Waals surface area contributed by atoms with Gasteiger partial charge in [-0.2, -0.15) is 24.9 Å². The number of alkyl halides is 3. The fourth-order valence-corrected chi connectivity index (χ4v) is 4.07. The minimum absolute atomic E-state index is 0.0707. The monoisotopic (exact) mass is 321 g/mol. The Kier molecular flexibility index (Phi) is 5.31. The predicted molar refractivity (Wildman–Crippen MR) is 80.2 cm³/mol. The molecule has 0 bridgehead atoms. The average molecular weight is 321 g/mol. The van der Waals surface area contributed by atoms with E-state index in [-0.39, 0.29) is 16.7 Å². The molecule has 1 aliphatic heterocycles. The van der Waals surface area contributed by atoms with Crippen LogP contribution in [-0.2, 0) is 6.54 Å². The Morgan fingerprint density at radius 3 is 2.55 bits per heavy atom. The third kappa shape index (κ3) is 5.22. The second kappa shape index (κ2) is 6.62. The van der Waals surface area contributed by atoms with E-state index in [0.717, 1.165) is 12.1 Å². The lowest BCUT2D eigenvalue weighted by Gasteiger charge is -2.23. The van der Waals surface area contributed by atoms with Crippen LogP contribution in [0.2, 0.25) is 0 Å². The average Bonchev–Trinajstić information content (AvgIpc) is 2.77. The van der Waals surface area contributed by atoms with E-state index in [0.29, 0.717) is 11.3 Å². The van der Waals surface area contributed by atoms with E-state index in [1.807, 2.05) is 11.8 Å². The second-order valence-corrected chi connectivity index (χ2v) is 8.02. The van der Waals surface area contributed by atoms with E-state index in [4.69, 9.17) is 0 Å². The van der Waals surface area contributed by atoms with Crippen LogP contribution in [-0.4, -0.2) is 22.6 Å². The molecule has 1 fully saturated rings. The molecule has 0 saturated carbocycles. The molecular weight excluding hydrogens is 303 g/mol. The molecule has 0 aromatic heterocycles. The predicted octanol–water partition coefficient (Wildman–Crippen LogP) is 4.67. The topological polar surface area (TPSA) is 12.0 Å². The number of halogens is 3. The summed E-state index contributed by atoms with van der Waals surface area (Å²) in [6.45, 7) is 3.91. The van der Waals surface area contributed by atoms with E-state index in [1.165, 1.54) is 30.7 Å². The van der Waals surface area contributed by atoms with Crippen LogP contribution in [0, 0.1) is 0 Å². The Morgan fingerprint density at radius 1 is 1.30 bits per heavy atom. The molecule has 6 heteroatoms. The molecule has 1 aromatic rings. The summed E-state index contributed by atoms with van der Waals surface area (Å²) in [5.74, 6) is 1.22. The Balaban J connectivity index is 1.79. The number of benzene rings is 1. The molecule has 1 nitrogen and oxygen atoms in total. The summed E-state index contributed by atoms with van der Waals surface area (Å²) in [5, 5.41) is 3.40. The molecule has 0 spiro atoms. The zero-order chi connectivity index (χ0) is 14.6. The van der Waals surface area contributed by atoms with Gasteiger partial charge in [-0.15, -0.1) is 0 Å². The van der Waals surface area contributed by atoms with Gasteiger partial charge in [0.25, 0.3) is 0 Å². The van der Waals surface area contributed by atoms with Crippen molar-refractivity contribution in [2.75, 3.05) is 12.3 Å². The smallest absolute Gasteiger partial charge is 0.311 e. The van der Waals surface area contributed by atoms with Gasteiger partial charge < -0.3 is 5.32 Å². The number of thioether (sulfide) groups is 2. The van der Waals surface area contributed by atoms with Crippen LogP contribution in [0.1, 0.15) is 25.3 Å². The Hall–Kier alpha value is -0.330. The highest BCUT2D eigenvalue weighted by atomic mass is 32.2. The van der Waals surface area contributed by atoms with Gasteiger partial charge in [0.05, 0.1) is 0 Å². The normalized spacial score (nSPS) is 23.2. The molecule has 112 valence electrons. The zero-order valence-electron chi connectivity index (χ0n) is 11.3. The molecule has 1 heterocycles. The van der Waals surface area contributed by atoms with Gasteiger partial charge in [0, 0.05) is 22.7 Å². The van der Waals surface area contributed by atoms with Crippen molar-refractivity contribution in [3.8, 4) is 0 Å². The van der Waals surface area contributed by atoms with Crippen LogP contribution in [0.5, 0.6) is 0 Å². The van der Waals surface area contributed by atoms with Crippen molar-refractivity contribution in [2.24, 2.45) is 0 Å². The third-order valence-corrected chi connectivity index (χ3v) is 5.56. The van der Waals surface area contributed by atoms with Gasteiger partial charge in [-0.05, 0) is 55.0 Å². The fourth-order valence-electron chi connectivity index (χ4n) is 2.26. The molecule has 0 amide bonds. The molecule has 20 heavy (non-hydrogen) atoms. The van der Waals surface area contributed by atoms with Gasteiger partial charge in [-0.3, -0.25) is 0 Å². The van der Waals surface area contributed by atoms with E-state index in [9.17, 15) is 13.2 Å². The van der Waals surface area contributed by atoms with E-state index < -0.39 is 5.51 Å². The lowest BCUT2D eigenvalue weighted by molar-refractivity contribution is -0.0328. The molecule has 1 atom stereocenters. The van der Waals surface area contributed by atoms with Gasteiger partial charge in [0.2, 0.25) is 0 Å². The van der Waals surface area contributed by atoms with Crippen molar-refractivity contribution in [1.82, 2.24) is 5.32 Å². The second-order valence-electron chi connectivity index (χ2n) is 5.20. The molecule has 0 radical (unpaired) electrons. The van der Waals surface area contributed by atoms with E-state index in [1.54, 1.807) is 12.1 Å². The number of rotatable bonds is 5. The van der Waals surface area contributed by atoms with Gasteiger partial charge in [0.15, 0.2) is 0 Å². The summed E-state index contributed by atoms with van der Waals surface area (Å²) < 4.78 is 36.9. The first kappa shape index (κ1) is 16.0. The van der Waals surface area contributed by atoms with Crippen molar-refractivity contribution >= 4 is 23.5 Å². The SMILES string of the molecule is CC1(CNCc2ccc(SC(F)(F)F)cc2)CCCS1. The molecule has 1 unspecified atom stereocenters. The first-order valence-corrected chi connectivity index (χ1v) is 8.36. The number of hydrogen-bond donors (Lipinski definition) is 1. The summed E-state index contributed by atoms with van der Waals surface area (Å²) in [5.41, 5.74) is -3.20. The summed E-state index contributed by atoms with van der Waals surface area (Å²) in [7, 11) is 0. The maximum Gasteiger partial charge on any atom is 0.446 e. The maximum absolute atomic E-state index is 12.2. The summed E-state index contributed by atoms with van der Waals surface area (Å²) in [6, 6.07) is 6.57. The van der Waals surface area contributed by atoms with Gasteiger partial charge in [-0.1, -0.05) is 12.1 Å². The van der Waals surface area contributed by atoms with Crippen molar-refractivity contribution < 1.29 is 13.2 Å². The van der Waals surface area contributed by atoms with Gasteiger partial charge in [-0.25, -0.2) is 0 Å². The molecule has 1 saturated heterocycles. The van der Waals surface area contributed by atoms with Gasteiger partial charge in [0.1, 0.15) is 0 Å². The quantitative estimate of drug-likeness (QED) is 0.791. The van der Waals surface area contributed by atoms with Crippen molar-refractivity contribution in [3.05, 3.63) is 29.8 Å². The number of nitrogens with one attached hydrogen (secondary N) is 1. The largest absolute Gasteiger partial charge is 0.446 e. The zero-order valence-corrected chi connectivity index (χ0v) is 12.9. The minimum Gasteiger partial charge on any atom is -0.311 e. The Bertz CT molecular complexity index is 425. The van der Waals surface area contributed by atoms with Crippen LogP contribution in [0.4, 0.5) is 13.2 Å². The van der Waals surface area contributed by atoms with Crippen LogP contribution >= 0.6 is 23.5 Å². The molecule has 1 aliphatic rings. The number of hydrogen-bond acceptors (Lipinski definition) is 3. The first-order chi connectivity index (χ1) is 9.36. The van der Waals surface area contributed by atoms with Crippen molar-refractivity contribution in [2.45, 2.75) is 41.5 Å². The Labute approximate surface area is 126 Å². The van der Waals surface area contributed by atoms with Crippen molar-refractivity contribution in [1.29, 1.82) is 0 Å². The molecule has 2 rings (SSSR count). The molecule has 1 aromatic carbocycles. The lowest BCUT2D eigenvalue weighted by atomic mass is 10.1. The maximum atomic E-state index is 12.2. The molecule has 0 aliphatic carbocycles. The first-order valence-electron chi connectivity index (χ1n) is 6.56. The van der Waals surface area contributed by atoms with Crippen LogP contribution in [0.3, 0.4) is 0 Å². The third-order valence-electron chi connectivity index (χ3n) is 3.29. The highest BCUT2D eigenvalue weighted by Gasteiger charge is 2.29. The highest BCUT2D eigenvalue weighted by molar-refractivity contribution is 8.01. The van der Waals surface area contributed by atoms with Crippen LogP contribution in [0.25, 0.3) is 0 Å². The lowest BCUT2D eigenvalue weighted by Crippen LogP contribution is -2.32. The van der Waals surface area contributed by atoms with E-state index in [2.05, 4.69) is 12.2 Å². The Morgan fingerprint density at radius 2 is 2.00 bits per heavy atom. The van der Waals surface area contributed by atoms with Crippen molar-refractivity contribution in [3.63, 3.8) is 0 Å². The van der Waals surface area contributed by atoms with E-state index >= 15 is 0 Å². The standard InChI is InChI=1S/C14H18F3NS2/c1-13(7-2-8-19-13)10-18-9-11-3-5-12(6-4-11)20-14(15,16)17/h3-6,18H,2,7-10H2,1H3. The minimum atomic E-state index is -4.21. The van der Waals surface area contributed by atoms with Crippen LogP contribution in [0.15, 0.2) is 29.2 Å². The van der Waals surface area contributed by atoms with Crippen LogP contribution < -0.4 is 5.32 Å². The fraction of sp³-hybridized carbons (Fsp3) is 0.571. The molecule has 1 N–H and O–H groups in total. The highest BCUT2D eigenvalue weighted by Crippen LogP contribution is 2.37. The van der Waals surface area contributed by atoms with Gasteiger partial charge >= 0.3 is 5.51 Å². The summed E-state index contributed by atoms with van der Waals surface area (Å²) in [4.78, 5) is 0.236. The summed E-state index contributed by atoms with van der Waals surface area (Å²) >= 11 is 1.93. The molecular formula is C14H18F3NS2. The summed E-state index contributed by atoms with van der Waals surface area (Å²) in [6.07, 6.45) is 2.50.